The van der Waals surface area contributed by atoms with E-state index in [1.807, 2.05) is 0 Å². The minimum Gasteiger partial charge on any atom is -0.377 e. The Labute approximate surface area is 161 Å². The van der Waals surface area contributed by atoms with Gasteiger partial charge in [-0.05, 0) is 99.5 Å². The van der Waals surface area contributed by atoms with Crippen LogP contribution in [-0.4, -0.2) is 6.61 Å². The van der Waals surface area contributed by atoms with E-state index in [9.17, 15) is 0 Å². The Bertz CT molecular complexity index is 528. The van der Waals surface area contributed by atoms with Crippen LogP contribution in [0.5, 0.6) is 0 Å². The molecule has 2 aliphatic rings. The van der Waals surface area contributed by atoms with Gasteiger partial charge in [-0.2, -0.15) is 0 Å². The van der Waals surface area contributed by atoms with Crippen LogP contribution < -0.4 is 0 Å². The average molecular weight is 355 g/mol. The smallest absolute Gasteiger partial charge is 0.0716 e. The number of ether oxygens (including phenoxy) is 1. The third kappa shape index (κ3) is 5.46. The summed E-state index contributed by atoms with van der Waals surface area (Å²) in [6, 6.07) is 9.27. The van der Waals surface area contributed by atoms with E-state index in [1.165, 1.54) is 56.9 Å². The van der Waals surface area contributed by atoms with E-state index in [1.54, 1.807) is 5.56 Å². The Hall–Kier alpha value is -1.08. The van der Waals surface area contributed by atoms with Crippen molar-refractivity contribution in [3.8, 4) is 0 Å². The molecule has 2 saturated carbocycles. The van der Waals surface area contributed by atoms with Crippen LogP contribution in [0.4, 0.5) is 0 Å². The molecule has 0 aliphatic heterocycles. The van der Waals surface area contributed by atoms with Gasteiger partial charge in [0, 0.05) is 6.61 Å². The normalized spacial score (nSPS) is 29.9. The van der Waals surface area contributed by atoms with Crippen LogP contribution in [0.3, 0.4) is 0 Å². The van der Waals surface area contributed by atoms with Gasteiger partial charge in [0.15, 0.2) is 0 Å². The zero-order chi connectivity index (χ0) is 18.2. The second-order valence-electron chi connectivity index (χ2n) is 8.61. The predicted octanol–water partition coefficient (Wildman–Crippen LogP) is 7.27. The molecule has 0 spiro atoms. The molecule has 2 aliphatic carbocycles. The number of allylic oxidation sites excluding steroid dienone is 2. The van der Waals surface area contributed by atoms with Crippen LogP contribution in [0.2, 0.25) is 0 Å². The third-order valence-corrected chi connectivity index (χ3v) is 6.79. The molecule has 0 saturated heterocycles. The highest BCUT2D eigenvalue weighted by molar-refractivity contribution is 5.25. The maximum absolute atomic E-state index is 5.65. The lowest BCUT2D eigenvalue weighted by molar-refractivity contribution is 0.121. The van der Waals surface area contributed by atoms with Crippen molar-refractivity contribution in [3.05, 3.63) is 47.5 Å². The van der Waals surface area contributed by atoms with E-state index < -0.39 is 0 Å². The second-order valence-corrected chi connectivity index (χ2v) is 8.61. The number of hydrogen-bond donors (Lipinski definition) is 0. The van der Waals surface area contributed by atoms with Gasteiger partial charge >= 0.3 is 0 Å². The monoisotopic (exact) mass is 354 g/mol. The molecular weight excluding hydrogens is 316 g/mol. The lowest BCUT2D eigenvalue weighted by Gasteiger charge is -2.37. The van der Waals surface area contributed by atoms with Crippen molar-refractivity contribution in [3.63, 3.8) is 0 Å². The predicted molar refractivity (Wildman–Crippen MR) is 111 cm³/mol. The lowest BCUT2D eigenvalue weighted by Crippen LogP contribution is -2.25. The van der Waals surface area contributed by atoms with Crippen molar-refractivity contribution in [1.29, 1.82) is 0 Å². The summed E-state index contributed by atoms with van der Waals surface area (Å²) in [5.41, 5.74) is 2.87. The largest absolute Gasteiger partial charge is 0.377 e. The van der Waals surface area contributed by atoms with Gasteiger partial charge in [-0.1, -0.05) is 43.3 Å². The summed E-state index contributed by atoms with van der Waals surface area (Å²) in [5.74, 6) is 3.67. The summed E-state index contributed by atoms with van der Waals surface area (Å²) in [5, 5.41) is 0. The molecule has 1 nitrogen and oxygen atoms in total. The molecule has 26 heavy (non-hydrogen) atoms. The van der Waals surface area contributed by atoms with Crippen molar-refractivity contribution in [2.24, 2.45) is 17.8 Å². The molecule has 0 bridgehead atoms. The standard InChI is InChI=1S/C25H38O/c1-3-5-20-6-10-22(11-7-20)24-14-16-25(17-15-24)23-12-8-21(9-13-23)19-26-18-4-2/h3,5,8-9,12-13,20,22,24-25H,4,6-7,10-11,14-19H2,1-2H3/t20-,22-,24-,25-. The van der Waals surface area contributed by atoms with Gasteiger partial charge in [-0.3, -0.25) is 0 Å². The molecule has 2 fully saturated rings. The highest BCUT2D eigenvalue weighted by Crippen LogP contribution is 2.44. The fourth-order valence-electron chi connectivity index (χ4n) is 5.23. The molecule has 1 aromatic carbocycles. The molecule has 1 aromatic rings. The van der Waals surface area contributed by atoms with Crippen molar-refractivity contribution in [1.82, 2.24) is 0 Å². The summed E-state index contributed by atoms with van der Waals surface area (Å²) in [4.78, 5) is 0. The number of hydrogen-bond acceptors (Lipinski definition) is 1. The summed E-state index contributed by atoms with van der Waals surface area (Å²) < 4.78 is 5.65. The molecule has 0 amide bonds. The first-order chi connectivity index (χ1) is 12.8. The van der Waals surface area contributed by atoms with E-state index in [-0.39, 0.29) is 0 Å². The van der Waals surface area contributed by atoms with Crippen LogP contribution in [0.25, 0.3) is 0 Å². The molecule has 0 radical (unpaired) electrons. The highest BCUT2D eigenvalue weighted by Gasteiger charge is 2.30. The Balaban J connectivity index is 1.43. The van der Waals surface area contributed by atoms with Crippen LogP contribution in [0.1, 0.15) is 88.7 Å². The molecule has 0 aromatic heterocycles. The van der Waals surface area contributed by atoms with Gasteiger partial charge in [-0.15, -0.1) is 0 Å². The van der Waals surface area contributed by atoms with Gasteiger partial charge in [0.25, 0.3) is 0 Å². The van der Waals surface area contributed by atoms with Crippen molar-refractivity contribution < 1.29 is 4.74 Å². The summed E-state index contributed by atoms with van der Waals surface area (Å²) in [6.07, 6.45) is 17.3. The molecule has 144 valence electrons. The number of rotatable bonds is 7. The fourth-order valence-corrected chi connectivity index (χ4v) is 5.23. The van der Waals surface area contributed by atoms with Gasteiger partial charge < -0.3 is 4.74 Å². The van der Waals surface area contributed by atoms with Gasteiger partial charge in [0.2, 0.25) is 0 Å². The van der Waals surface area contributed by atoms with Gasteiger partial charge in [0.05, 0.1) is 6.61 Å². The minimum atomic E-state index is 0.761. The second kappa shape index (κ2) is 10.3. The van der Waals surface area contributed by atoms with E-state index in [4.69, 9.17) is 4.74 Å². The van der Waals surface area contributed by atoms with Crippen LogP contribution in [0.15, 0.2) is 36.4 Å². The fraction of sp³-hybridized carbons (Fsp3) is 0.680. The van der Waals surface area contributed by atoms with Crippen LogP contribution >= 0.6 is 0 Å². The Kier molecular flexibility index (Phi) is 7.80. The first-order valence-corrected chi connectivity index (χ1v) is 11.1. The van der Waals surface area contributed by atoms with Crippen LogP contribution in [-0.2, 0) is 11.3 Å². The van der Waals surface area contributed by atoms with Crippen molar-refractivity contribution >= 4 is 0 Å². The average Bonchev–Trinajstić information content (AvgIpc) is 2.70. The summed E-state index contributed by atoms with van der Waals surface area (Å²) in [6.45, 7) is 5.95. The molecule has 3 rings (SSSR count). The van der Waals surface area contributed by atoms with E-state index in [2.05, 4.69) is 50.3 Å². The Morgan fingerprint density at radius 3 is 2.08 bits per heavy atom. The molecule has 1 heteroatoms. The lowest BCUT2D eigenvalue weighted by atomic mass is 9.68. The molecule has 0 unspecified atom stereocenters. The van der Waals surface area contributed by atoms with Crippen molar-refractivity contribution in [2.45, 2.75) is 84.2 Å². The minimum absolute atomic E-state index is 0.761. The maximum Gasteiger partial charge on any atom is 0.0716 e. The maximum atomic E-state index is 5.65. The molecule has 0 N–H and O–H groups in total. The Morgan fingerprint density at radius 2 is 1.50 bits per heavy atom. The quantitative estimate of drug-likeness (QED) is 0.369. The first kappa shape index (κ1) is 19.7. The first-order valence-electron chi connectivity index (χ1n) is 11.1. The molecule has 0 heterocycles. The Morgan fingerprint density at radius 1 is 0.885 bits per heavy atom. The summed E-state index contributed by atoms with van der Waals surface area (Å²) in [7, 11) is 0. The number of benzene rings is 1. The topological polar surface area (TPSA) is 9.23 Å². The van der Waals surface area contributed by atoms with Gasteiger partial charge in [0.1, 0.15) is 0 Å². The zero-order valence-electron chi connectivity index (χ0n) is 17.0. The van der Waals surface area contributed by atoms with E-state index >= 15 is 0 Å². The zero-order valence-corrected chi connectivity index (χ0v) is 17.0. The van der Waals surface area contributed by atoms with Gasteiger partial charge in [-0.25, -0.2) is 0 Å². The highest BCUT2D eigenvalue weighted by atomic mass is 16.5. The SMILES string of the molecule is CC=C[C@H]1CC[C@H]([C@H]2CC[C@H](c3ccc(COCCC)cc3)CC2)CC1. The van der Waals surface area contributed by atoms with E-state index in [0.717, 1.165) is 43.3 Å². The third-order valence-electron chi connectivity index (χ3n) is 6.79. The van der Waals surface area contributed by atoms with Crippen LogP contribution in [0, 0.1) is 17.8 Å². The molecular formula is C25H38O. The molecule has 0 atom stereocenters. The van der Waals surface area contributed by atoms with Crippen molar-refractivity contribution in [2.75, 3.05) is 6.61 Å². The summed E-state index contributed by atoms with van der Waals surface area (Å²) >= 11 is 0. The van der Waals surface area contributed by atoms with E-state index in [0.29, 0.717) is 0 Å².